The summed E-state index contributed by atoms with van der Waals surface area (Å²) in [5.41, 5.74) is 0. The molecule has 0 aromatic carbocycles. The van der Waals surface area contributed by atoms with E-state index < -0.39 is 0 Å². The SMILES string of the molecule is CNC(CCC=O)CCC(C)C. The number of rotatable bonds is 7. The number of carbonyl (C=O) groups excluding carboxylic acids is 1. The van der Waals surface area contributed by atoms with E-state index in [2.05, 4.69) is 19.2 Å². The highest BCUT2D eigenvalue weighted by Gasteiger charge is 2.05. The minimum absolute atomic E-state index is 0.526. The Hall–Kier alpha value is -0.370. The van der Waals surface area contributed by atoms with Crippen LogP contribution >= 0.6 is 0 Å². The monoisotopic (exact) mass is 171 g/mol. The van der Waals surface area contributed by atoms with Crippen LogP contribution in [-0.2, 0) is 4.79 Å². The summed E-state index contributed by atoms with van der Waals surface area (Å²) in [5.74, 6) is 0.761. The largest absolute Gasteiger partial charge is 0.317 e. The molecular formula is C10H21NO. The second kappa shape index (κ2) is 7.29. The third-order valence-corrected chi connectivity index (χ3v) is 2.13. The Kier molecular flexibility index (Phi) is 7.06. The summed E-state index contributed by atoms with van der Waals surface area (Å²) < 4.78 is 0. The van der Waals surface area contributed by atoms with Gasteiger partial charge in [-0.25, -0.2) is 0 Å². The fourth-order valence-electron chi connectivity index (χ4n) is 1.24. The zero-order valence-corrected chi connectivity index (χ0v) is 8.47. The van der Waals surface area contributed by atoms with Gasteiger partial charge >= 0.3 is 0 Å². The zero-order valence-electron chi connectivity index (χ0n) is 8.47. The van der Waals surface area contributed by atoms with Crippen molar-refractivity contribution in [3.63, 3.8) is 0 Å². The van der Waals surface area contributed by atoms with Gasteiger partial charge in [0.2, 0.25) is 0 Å². The van der Waals surface area contributed by atoms with Crippen LogP contribution < -0.4 is 5.32 Å². The molecule has 1 N–H and O–H groups in total. The molecule has 0 aliphatic carbocycles. The molecule has 0 aliphatic rings. The number of hydrogen-bond acceptors (Lipinski definition) is 2. The first kappa shape index (κ1) is 11.6. The van der Waals surface area contributed by atoms with E-state index in [4.69, 9.17) is 0 Å². The minimum atomic E-state index is 0.526. The van der Waals surface area contributed by atoms with Gasteiger partial charge in [0.15, 0.2) is 0 Å². The number of hydrogen-bond donors (Lipinski definition) is 1. The highest BCUT2D eigenvalue weighted by molar-refractivity contribution is 5.49. The fourth-order valence-corrected chi connectivity index (χ4v) is 1.24. The molecule has 0 aromatic heterocycles. The van der Waals surface area contributed by atoms with Crippen molar-refractivity contribution in [2.75, 3.05) is 7.05 Å². The van der Waals surface area contributed by atoms with Crippen LogP contribution in [0.4, 0.5) is 0 Å². The molecule has 0 aromatic rings. The van der Waals surface area contributed by atoms with Crippen molar-refractivity contribution in [1.82, 2.24) is 5.32 Å². The van der Waals surface area contributed by atoms with Crippen LogP contribution in [0.2, 0.25) is 0 Å². The fraction of sp³-hybridized carbons (Fsp3) is 0.900. The molecule has 0 spiro atoms. The van der Waals surface area contributed by atoms with Crippen molar-refractivity contribution in [3.8, 4) is 0 Å². The van der Waals surface area contributed by atoms with Gasteiger partial charge in [-0.1, -0.05) is 13.8 Å². The lowest BCUT2D eigenvalue weighted by molar-refractivity contribution is -0.108. The Morgan fingerprint density at radius 1 is 1.25 bits per heavy atom. The van der Waals surface area contributed by atoms with Gasteiger partial charge < -0.3 is 10.1 Å². The predicted octanol–water partition coefficient (Wildman–Crippen LogP) is 1.99. The van der Waals surface area contributed by atoms with Crippen molar-refractivity contribution in [2.24, 2.45) is 5.92 Å². The normalized spacial score (nSPS) is 13.3. The average Bonchev–Trinajstić information content (AvgIpc) is 2.05. The smallest absolute Gasteiger partial charge is 0.120 e. The van der Waals surface area contributed by atoms with Crippen molar-refractivity contribution < 1.29 is 4.79 Å². The van der Waals surface area contributed by atoms with Gasteiger partial charge in [-0.2, -0.15) is 0 Å². The lowest BCUT2D eigenvalue weighted by Gasteiger charge is -2.15. The molecule has 2 heteroatoms. The number of aldehydes is 1. The molecule has 2 nitrogen and oxygen atoms in total. The van der Waals surface area contributed by atoms with E-state index in [1.165, 1.54) is 12.8 Å². The molecule has 0 saturated heterocycles. The lowest BCUT2D eigenvalue weighted by atomic mass is 10.0. The van der Waals surface area contributed by atoms with Gasteiger partial charge in [-0.3, -0.25) is 0 Å². The van der Waals surface area contributed by atoms with Crippen molar-refractivity contribution in [2.45, 2.75) is 45.6 Å². The maximum absolute atomic E-state index is 10.1. The van der Waals surface area contributed by atoms with Gasteiger partial charge in [-0.05, 0) is 32.2 Å². The van der Waals surface area contributed by atoms with Crippen molar-refractivity contribution >= 4 is 6.29 Å². The maximum atomic E-state index is 10.1. The quantitative estimate of drug-likeness (QED) is 0.593. The summed E-state index contributed by atoms with van der Waals surface area (Å²) in [4.78, 5) is 10.1. The van der Waals surface area contributed by atoms with Crippen LogP contribution in [0.25, 0.3) is 0 Å². The van der Waals surface area contributed by atoms with Gasteiger partial charge in [0.05, 0.1) is 0 Å². The van der Waals surface area contributed by atoms with E-state index in [9.17, 15) is 4.79 Å². The summed E-state index contributed by atoms with van der Waals surface area (Å²) in [6.07, 6.45) is 5.09. The average molecular weight is 171 g/mol. The molecular weight excluding hydrogens is 150 g/mol. The Balaban J connectivity index is 3.45. The minimum Gasteiger partial charge on any atom is -0.317 e. The molecule has 0 amide bonds. The van der Waals surface area contributed by atoms with Crippen LogP contribution in [0.15, 0.2) is 0 Å². The topological polar surface area (TPSA) is 29.1 Å². The highest BCUT2D eigenvalue weighted by atomic mass is 16.1. The van der Waals surface area contributed by atoms with Gasteiger partial charge in [0.25, 0.3) is 0 Å². The van der Waals surface area contributed by atoms with E-state index in [1.54, 1.807) is 0 Å². The van der Waals surface area contributed by atoms with Crippen LogP contribution in [0, 0.1) is 5.92 Å². The molecule has 0 heterocycles. The maximum Gasteiger partial charge on any atom is 0.120 e. The molecule has 0 bridgehead atoms. The molecule has 72 valence electrons. The molecule has 0 radical (unpaired) electrons. The standard InChI is InChI=1S/C10H21NO/c1-9(2)6-7-10(11-3)5-4-8-12/h8-11H,4-7H2,1-3H3. The third-order valence-electron chi connectivity index (χ3n) is 2.13. The Morgan fingerprint density at radius 2 is 1.92 bits per heavy atom. The molecule has 1 atom stereocenters. The van der Waals surface area contributed by atoms with Crippen LogP contribution in [0.3, 0.4) is 0 Å². The predicted molar refractivity (Wildman–Crippen MR) is 52.2 cm³/mol. The molecule has 0 saturated carbocycles. The van der Waals surface area contributed by atoms with E-state index in [1.807, 2.05) is 7.05 Å². The van der Waals surface area contributed by atoms with Gasteiger partial charge in [-0.15, -0.1) is 0 Å². The summed E-state index contributed by atoms with van der Waals surface area (Å²) in [7, 11) is 1.97. The Labute approximate surface area is 75.7 Å². The molecule has 1 unspecified atom stereocenters. The van der Waals surface area contributed by atoms with E-state index >= 15 is 0 Å². The van der Waals surface area contributed by atoms with E-state index in [-0.39, 0.29) is 0 Å². The first-order chi connectivity index (χ1) is 5.70. The summed E-state index contributed by atoms with van der Waals surface area (Å²) in [5, 5.41) is 3.23. The summed E-state index contributed by atoms with van der Waals surface area (Å²) >= 11 is 0. The second-order valence-corrected chi connectivity index (χ2v) is 3.70. The number of nitrogens with one attached hydrogen (secondary N) is 1. The van der Waals surface area contributed by atoms with Gasteiger partial charge in [0.1, 0.15) is 6.29 Å². The first-order valence-electron chi connectivity index (χ1n) is 4.81. The molecule has 0 fully saturated rings. The lowest BCUT2D eigenvalue weighted by Crippen LogP contribution is -2.25. The van der Waals surface area contributed by atoms with Crippen LogP contribution in [-0.4, -0.2) is 19.4 Å². The van der Waals surface area contributed by atoms with Crippen molar-refractivity contribution in [3.05, 3.63) is 0 Å². The molecule has 12 heavy (non-hydrogen) atoms. The summed E-state index contributed by atoms with van der Waals surface area (Å²) in [6.45, 7) is 4.46. The van der Waals surface area contributed by atoms with Gasteiger partial charge in [0, 0.05) is 12.5 Å². The zero-order chi connectivity index (χ0) is 9.40. The van der Waals surface area contributed by atoms with Crippen LogP contribution in [0.5, 0.6) is 0 Å². The Morgan fingerprint density at radius 3 is 2.33 bits per heavy atom. The first-order valence-corrected chi connectivity index (χ1v) is 4.81. The van der Waals surface area contributed by atoms with E-state index in [0.29, 0.717) is 12.5 Å². The summed E-state index contributed by atoms with van der Waals surface area (Å²) in [6, 6.07) is 0.526. The van der Waals surface area contributed by atoms with E-state index in [0.717, 1.165) is 18.6 Å². The molecule has 0 rings (SSSR count). The highest BCUT2D eigenvalue weighted by Crippen LogP contribution is 2.09. The van der Waals surface area contributed by atoms with Crippen molar-refractivity contribution in [1.29, 1.82) is 0 Å². The third kappa shape index (κ3) is 6.35. The van der Waals surface area contributed by atoms with Crippen LogP contribution in [0.1, 0.15) is 39.5 Å². The number of carbonyl (C=O) groups is 1. The molecule has 0 aliphatic heterocycles. The second-order valence-electron chi connectivity index (χ2n) is 3.70. The Bertz CT molecular complexity index is 112.